The normalized spacial score (nSPS) is 10.2. The highest BCUT2D eigenvalue weighted by Crippen LogP contribution is 1.95. The maximum atomic E-state index is 11.5. The summed E-state index contributed by atoms with van der Waals surface area (Å²) in [5, 5.41) is 9.14. The minimum absolute atomic E-state index is 0.150. The number of H-pyrrole nitrogens is 1. The average Bonchev–Trinajstić information content (AvgIpc) is 2.76. The van der Waals surface area contributed by atoms with Crippen molar-refractivity contribution in [3.8, 4) is 0 Å². The molecule has 0 radical (unpaired) electrons. The van der Waals surface area contributed by atoms with Crippen molar-refractivity contribution in [3.05, 3.63) is 11.6 Å². The van der Waals surface area contributed by atoms with Gasteiger partial charge in [0.05, 0.1) is 0 Å². The second-order valence-corrected chi connectivity index (χ2v) is 3.64. The zero-order valence-corrected chi connectivity index (χ0v) is 9.82. The van der Waals surface area contributed by atoms with Crippen molar-refractivity contribution in [3.63, 3.8) is 0 Å². The van der Waals surface area contributed by atoms with E-state index in [2.05, 4.69) is 20.5 Å². The molecule has 0 atom stereocenters. The lowest BCUT2D eigenvalue weighted by Gasteiger charge is -2.01. The summed E-state index contributed by atoms with van der Waals surface area (Å²) in [6.07, 6.45) is 2.43. The van der Waals surface area contributed by atoms with Gasteiger partial charge in [-0.1, -0.05) is 6.92 Å². The molecule has 7 nitrogen and oxygen atoms in total. The highest BCUT2D eigenvalue weighted by Gasteiger charge is 2.10. The number of carbonyl (C=O) groups excluding carboxylic acids is 2. The molecule has 94 valence electrons. The monoisotopic (exact) mass is 239 g/mol. The number of aromatic amines is 1. The van der Waals surface area contributed by atoms with Crippen LogP contribution in [0.4, 0.5) is 0 Å². The molecule has 0 spiro atoms. The molecule has 1 aromatic rings. The first-order valence-electron chi connectivity index (χ1n) is 5.61. The van der Waals surface area contributed by atoms with Crippen LogP contribution in [0.25, 0.3) is 0 Å². The van der Waals surface area contributed by atoms with Crippen LogP contribution in [0.5, 0.6) is 0 Å². The van der Waals surface area contributed by atoms with Crippen LogP contribution >= 0.6 is 0 Å². The van der Waals surface area contributed by atoms with E-state index in [-0.39, 0.29) is 17.6 Å². The molecule has 0 aliphatic rings. The van der Waals surface area contributed by atoms with E-state index in [1.165, 1.54) is 0 Å². The van der Waals surface area contributed by atoms with Crippen molar-refractivity contribution in [1.82, 2.24) is 20.5 Å². The van der Waals surface area contributed by atoms with E-state index >= 15 is 0 Å². The largest absolute Gasteiger partial charge is 0.370 e. The molecule has 7 heteroatoms. The second-order valence-electron chi connectivity index (χ2n) is 3.64. The summed E-state index contributed by atoms with van der Waals surface area (Å²) in [6, 6.07) is 0. The van der Waals surface area contributed by atoms with Crippen molar-refractivity contribution >= 4 is 11.8 Å². The Morgan fingerprint density at radius 3 is 2.76 bits per heavy atom. The molecule has 0 saturated heterocycles. The Morgan fingerprint density at radius 2 is 2.18 bits per heavy atom. The molecule has 17 heavy (non-hydrogen) atoms. The SMILES string of the molecule is CCc1nc(C(=O)NCCCCC(N)=O)n[nH]1. The van der Waals surface area contributed by atoms with Gasteiger partial charge in [-0.2, -0.15) is 0 Å². The fourth-order valence-electron chi connectivity index (χ4n) is 1.26. The van der Waals surface area contributed by atoms with Gasteiger partial charge in [-0.3, -0.25) is 14.7 Å². The van der Waals surface area contributed by atoms with Crippen LogP contribution in [0, 0.1) is 0 Å². The highest BCUT2D eigenvalue weighted by atomic mass is 16.2. The summed E-state index contributed by atoms with van der Waals surface area (Å²) in [5.41, 5.74) is 4.99. The molecular formula is C10H17N5O2. The summed E-state index contributed by atoms with van der Waals surface area (Å²) in [5.74, 6) is 0.207. The number of carbonyl (C=O) groups is 2. The molecule has 0 unspecified atom stereocenters. The molecule has 1 rings (SSSR count). The second kappa shape index (κ2) is 6.62. The van der Waals surface area contributed by atoms with Crippen LogP contribution in [0.15, 0.2) is 0 Å². The molecule has 0 bridgehead atoms. The van der Waals surface area contributed by atoms with Gasteiger partial charge in [0, 0.05) is 19.4 Å². The first-order chi connectivity index (χ1) is 8.13. The summed E-state index contributed by atoms with van der Waals surface area (Å²) < 4.78 is 0. The van der Waals surface area contributed by atoms with Gasteiger partial charge >= 0.3 is 0 Å². The lowest BCUT2D eigenvalue weighted by Crippen LogP contribution is -2.25. The first-order valence-corrected chi connectivity index (χ1v) is 5.61. The Hall–Kier alpha value is -1.92. The van der Waals surface area contributed by atoms with Gasteiger partial charge in [-0.25, -0.2) is 4.98 Å². The van der Waals surface area contributed by atoms with Crippen molar-refractivity contribution in [2.24, 2.45) is 5.73 Å². The van der Waals surface area contributed by atoms with E-state index in [4.69, 9.17) is 5.73 Å². The van der Waals surface area contributed by atoms with E-state index < -0.39 is 0 Å². The minimum atomic E-state index is -0.321. The zero-order valence-electron chi connectivity index (χ0n) is 9.82. The number of primary amides is 1. The van der Waals surface area contributed by atoms with Gasteiger partial charge in [0.25, 0.3) is 5.91 Å². The Labute approximate surface area is 99.2 Å². The molecular weight excluding hydrogens is 222 g/mol. The molecule has 1 heterocycles. The number of hydrogen-bond donors (Lipinski definition) is 3. The van der Waals surface area contributed by atoms with Gasteiger partial charge in [0.1, 0.15) is 5.82 Å². The van der Waals surface area contributed by atoms with E-state index in [9.17, 15) is 9.59 Å². The molecule has 0 aliphatic carbocycles. The van der Waals surface area contributed by atoms with Crippen molar-refractivity contribution < 1.29 is 9.59 Å². The summed E-state index contributed by atoms with van der Waals surface area (Å²) in [7, 11) is 0. The van der Waals surface area contributed by atoms with Crippen molar-refractivity contribution in [2.75, 3.05) is 6.54 Å². The fourth-order valence-corrected chi connectivity index (χ4v) is 1.26. The fraction of sp³-hybridized carbons (Fsp3) is 0.600. The van der Waals surface area contributed by atoms with Crippen LogP contribution < -0.4 is 11.1 Å². The predicted octanol–water partition coefficient (Wildman–Crippen LogP) is -0.247. The van der Waals surface area contributed by atoms with Crippen molar-refractivity contribution in [1.29, 1.82) is 0 Å². The van der Waals surface area contributed by atoms with Gasteiger partial charge < -0.3 is 11.1 Å². The molecule has 2 amide bonds. The van der Waals surface area contributed by atoms with Gasteiger partial charge in [0.15, 0.2) is 0 Å². The number of unbranched alkanes of at least 4 members (excludes halogenated alkanes) is 1. The van der Waals surface area contributed by atoms with Gasteiger partial charge in [0.2, 0.25) is 11.7 Å². The van der Waals surface area contributed by atoms with Crippen LogP contribution in [0.1, 0.15) is 42.6 Å². The third-order valence-corrected chi connectivity index (χ3v) is 2.21. The zero-order chi connectivity index (χ0) is 12.7. The summed E-state index contributed by atoms with van der Waals surface area (Å²) in [4.78, 5) is 26.0. The van der Waals surface area contributed by atoms with Crippen LogP contribution in [-0.4, -0.2) is 33.5 Å². The lowest BCUT2D eigenvalue weighted by atomic mass is 10.2. The van der Waals surface area contributed by atoms with E-state index in [0.29, 0.717) is 38.1 Å². The van der Waals surface area contributed by atoms with Crippen LogP contribution in [0.3, 0.4) is 0 Å². The Kier molecular flexibility index (Phi) is 5.12. The van der Waals surface area contributed by atoms with Crippen LogP contribution in [-0.2, 0) is 11.2 Å². The molecule has 0 aliphatic heterocycles. The number of nitrogens with zero attached hydrogens (tertiary/aromatic N) is 2. The lowest BCUT2D eigenvalue weighted by molar-refractivity contribution is -0.118. The maximum Gasteiger partial charge on any atom is 0.290 e. The number of aromatic nitrogens is 3. The topological polar surface area (TPSA) is 114 Å². The van der Waals surface area contributed by atoms with Gasteiger partial charge in [-0.05, 0) is 12.8 Å². The first kappa shape index (κ1) is 13.1. The number of amides is 2. The predicted molar refractivity (Wildman–Crippen MR) is 61.1 cm³/mol. The maximum absolute atomic E-state index is 11.5. The number of nitrogens with two attached hydrogens (primary N) is 1. The summed E-state index contributed by atoms with van der Waals surface area (Å²) >= 11 is 0. The third kappa shape index (κ3) is 4.62. The average molecular weight is 239 g/mol. The number of rotatable bonds is 7. The highest BCUT2D eigenvalue weighted by molar-refractivity contribution is 5.90. The Balaban J connectivity index is 2.23. The van der Waals surface area contributed by atoms with E-state index in [0.717, 1.165) is 0 Å². The number of aryl methyl sites for hydroxylation is 1. The summed E-state index contributed by atoms with van der Waals surface area (Å²) in [6.45, 7) is 2.41. The minimum Gasteiger partial charge on any atom is -0.370 e. The quantitative estimate of drug-likeness (QED) is 0.569. The Morgan fingerprint density at radius 1 is 1.41 bits per heavy atom. The smallest absolute Gasteiger partial charge is 0.290 e. The molecule has 1 aromatic heterocycles. The third-order valence-electron chi connectivity index (χ3n) is 2.21. The standard InChI is InChI=1S/C10H17N5O2/c1-2-8-13-9(15-14-8)10(17)12-6-4-3-5-7(11)16/h2-6H2,1H3,(H2,11,16)(H,12,17)(H,13,14,15). The van der Waals surface area contributed by atoms with E-state index in [1.54, 1.807) is 0 Å². The Bertz CT molecular complexity index is 388. The van der Waals surface area contributed by atoms with Crippen LogP contribution in [0.2, 0.25) is 0 Å². The molecule has 4 N–H and O–H groups in total. The van der Waals surface area contributed by atoms with E-state index in [1.807, 2.05) is 6.92 Å². The molecule has 0 saturated carbocycles. The molecule has 0 aromatic carbocycles. The number of nitrogens with one attached hydrogen (secondary N) is 2. The number of hydrogen-bond acceptors (Lipinski definition) is 4. The van der Waals surface area contributed by atoms with Gasteiger partial charge in [-0.15, -0.1) is 5.10 Å². The molecule has 0 fully saturated rings. The van der Waals surface area contributed by atoms with Crippen molar-refractivity contribution in [2.45, 2.75) is 32.6 Å².